The van der Waals surface area contributed by atoms with Gasteiger partial charge in [-0.1, -0.05) is 25.5 Å². The van der Waals surface area contributed by atoms with Gasteiger partial charge in [-0.2, -0.15) is 0 Å². The molecule has 0 spiro atoms. The lowest BCUT2D eigenvalue weighted by molar-refractivity contribution is -0.908. The Kier molecular flexibility index (Phi) is 8.36. The molecule has 3 N–H and O–H groups in total. The van der Waals surface area contributed by atoms with Gasteiger partial charge in [0.05, 0.1) is 19.8 Å². The number of rotatable bonds is 8. The van der Waals surface area contributed by atoms with Crippen LogP contribution in [0.4, 0.5) is 5.69 Å². The van der Waals surface area contributed by atoms with E-state index in [2.05, 4.69) is 41.8 Å². The summed E-state index contributed by atoms with van der Waals surface area (Å²) in [5.41, 5.74) is 2.45. The first-order valence-corrected chi connectivity index (χ1v) is 9.24. The fraction of sp³-hybridized carbons (Fsp3) is 0.611. The molecule has 0 amide bonds. The van der Waals surface area contributed by atoms with Gasteiger partial charge in [-0.25, -0.2) is 0 Å². The first-order valence-electron chi connectivity index (χ1n) is 8.83. The molecule has 1 aliphatic heterocycles. The molecule has 0 saturated carbocycles. The van der Waals surface area contributed by atoms with Crippen LogP contribution in [-0.4, -0.2) is 44.5 Å². The maximum Gasteiger partial charge on any atom is 0.170 e. The van der Waals surface area contributed by atoms with Gasteiger partial charge in [-0.05, 0) is 42.8 Å². The molecule has 0 unspecified atom stereocenters. The summed E-state index contributed by atoms with van der Waals surface area (Å²) in [5.74, 6) is 0. The van der Waals surface area contributed by atoms with Gasteiger partial charge in [0.2, 0.25) is 0 Å². The molecule has 0 aliphatic carbocycles. The number of hydrogen-bond acceptors (Lipinski definition) is 2. The Balaban J connectivity index is 1.60. The van der Waals surface area contributed by atoms with Crippen molar-refractivity contribution in [3.8, 4) is 0 Å². The van der Waals surface area contributed by atoms with Gasteiger partial charge in [-0.15, -0.1) is 0 Å². The molecule has 1 heterocycles. The van der Waals surface area contributed by atoms with E-state index in [4.69, 9.17) is 17.0 Å². The third-order valence-electron chi connectivity index (χ3n) is 4.22. The van der Waals surface area contributed by atoms with Crippen molar-refractivity contribution >= 4 is 23.0 Å². The predicted octanol–water partition coefficient (Wildman–Crippen LogP) is 1.62. The molecule has 0 radical (unpaired) electrons. The van der Waals surface area contributed by atoms with E-state index in [1.165, 1.54) is 24.9 Å². The zero-order chi connectivity index (χ0) is 16.3. The number of ether oxygens (including phenoxy) is 1. The Morgan fingerprint density at radius 1 is 1.17 bits per heavy atom. The summed E-state index contributed by atoms with van der Waals surface area (Å²) >= 11 is 5.36. The van der Waals surface area contributed by atoms with E-state index < -0.39 is 0 Å². The summed E-state index contributed by atoms with van der Waals surface area (Å²) in [7, 11) is 0. The maximum absolute atomic E-state index is 5.37. The first kappa shape index (κ1) is 18.2. The highest BCUT2D eigenvalue weighted by molar-refractivity contribution is 7.80. The lowest BCUT2D eigenvalue weighted by Gasteiger charge is -2.23. The summed E-state index contributed by atoms with van der Waals surface area (Å²) in [4.78, 5) is 1.64. The molecule has 0 bridgehead atoms. The minimum atomic E-state index is 0.711. The van der Waals surface area contributed by atoms with E-state index in [1.54, 1.807) is 4.90 Å². The lowest BCUT2D eigenvalue weighted by Crippen LogP contribution is -3.14. The average Bonchev–Trinajstić information content (AvgIpc) is 2.59. The molecular weight excluding hydrogens is 306 g/mol. The van der Waals surface area contributed by atoms with Gasteiger partial charge in [0.1, 0.15) is 13.1 Å². The molecule has 1 fully saturated rings. The van der Waals surface area contributed by atoms with E-state index in [1.807, 2.05) is 0 Å². The van der Waals surface area contributed by atoms with Gasteiger partial charge in [-0.3, -0.25) is 0 Å². The van der Waals surface area contributed by atoms with Crippen molar-refractivity contribution in [3.05, 3.63) is 29.8 Å². The zero-order valence-electron chi connectivity index (χ0n) is 14.2. The second-order valence-corrected chi connectivity index (χ2v) is 6.56. The Labute approximate surface area is 145 Å². The van der Waals surface area contributed by atoms with Crippen LogP contribution in [0.2, 0.25) is 0 Å². The molecule has 5 heteroatoms. The summed E-state index contributed by atoms with van der Waals surface area (Å²) < 4.78 is 5.37. The molecule has 1 saturated heterocycles. The summed E-state index contributed by atoms with van der Waals surface area (Å²) in [6, 6.07) is 8.58. The number of nitrogens with one attached hydrogen (secondary N) is 3. The molecule has 128 valence electrons. The number of benzene rings is 1. The monoisotopic (exact) mass is 336 g/mol. The van der Waals surface area contributed by atoms with Crippen LogP contribution < -0.4 is 15.5 Å². The molecule has 1 aromatic carbocycles. The van der Waals surface area contributed by atoms with Gasteiger partial charge >= 0.3 is 0 Å². The number of thiocarbonyl (C=S) groups is 1. The number of unbranched alkanes of at least 4 members (excludes halogenated alkanes) is 1. The van der Waals surface area contributed by atoms with Crippen molar-refractivity contribution in [1.29, 1.82) is 0 Å². The van der Waals surface area contributed by atoms with E-state index in [0.717, 1.165) is 51.4 Å². The van der Waals surface area contributed by atoms with Crippen LogP contribution >= 0.6 is 12.2 Å². The molecule has 1 aliphatic rings. The van der Waals surface area contributed by atoms with Gasteiger partial charge in [0.15, 0.2) is 5.11 Å². The molecule has 23 heavy (non-hydrogen) atoms. The summed E-state index contributed by atoms with van der Waals surface area (Å²) in [5, 5.41) is 7.26. The highest BCUT2D eigenvalue weighted by atomic mass is 32.1. The fourth-order valence-electron chi connectivity index (χ4n) is 2.76. The minimum absolute atomic E-state index is 0.711. The average molecular weight is 337 g/mol. The van der Waals surface area contributed by atoms with Crippen molar-refractivity contribution in [1.82, 2.24) is 5.32 Å². The van der Waals surface area contributed by atoms with Crippen molar-refractivity contribution in [2.75, 3.05) is 44.7 Å². The number of aryl methyl sites for hydroxylation is 1. The minimum Gasteiger partial charge on any atom is -0.370 e. The number of quaternary nitrogens is 1. The van der Waals surface area contributed by atoms with E-state index in [9.17, 15) is 0 Å². The van der Waals surface area contributed by atoms with Crippen molar-refractivity contribution in [3.63, 3.8) is 0 Å². The van der Waals surface area contributed by atoms with Crippen molar-refractivity contribution < 1.29 is 9.64 Å². The van der Waals surface area contributed by atoms with Gasteiger partial charge in [0, 0.05) is 18.7 Å². The molecule has 2 rings (SSSR count). The van der Waals surface area contributed by atoms with E-state index >= 15 is 0 Å². The third-order valence-corrected chi connectivity index (χ3v) is 4.47. The topological polar surface area (TPSA) is 37.7 Å². The Bertz CT molecular complexity index is 458. The molecule has 0 atom stereocenters. The molecular formula is C18H30N3OS+. The zero-order valence-corrected chi connectivity index (χ0v) is 15.0. The van der Waals surface area contributed by atoms with Gasteiger partial charge in [0.25, 0.3) is 0 Å². The van der Waals surface area contributed by atoms with Crippen LogP contribution in [0.25, 0.3) is 0 Å². The first-order chi connectivity index (χ1) is 11.3. The fourth-order valence-corrected chi connectivity index (χ4v) is 2.98. The van der Waals surface area contributed by atoms with E-state index in [-0.39, 0.29) is 0 Å². The Hall–Kier alpha value is -1.17. The van der Waals surface area contributed by atoms with Crippen LogP contribution in [0.3, 0.4) is 0 Å². The number of morpholine rings is 1. The third kappa shape index (κ3) is 7.29. The van der Waals surface area contributed by atoms with Gasteiger partial charge < -0.3 is 20.3 Å². The normalized spacial score (nSPS) is 15.3. The van der Waals surface area contributed by atoms with Crippen molar-refractivity contribution in [2.45, 2.75) is 32.6 Å². The second-order valence-electron chi connectivity index (χ2n) is 6.15. The van der Waals surface area contributed by atoms with Crippen LogP contribution in [0.1, 0.15) is 31.7 Å². The maximum atomic E-state index is 5.37. The Morgan fingerprint density at radius 2 is 1.91 bits per heavy atom. The number of anilines is 1. The Morgan fingerprint density at radius 3 is 2.61 bits per heavy atom. The van der Waals surface area contributed by atoms with E-state index in [0.29, 0.717) is 5.11 Å². The standard InChI is InChI=1S/C18H29N3OS/c1-2-3-5-16-6-8-17(9-7-16)20-18(23)19-10-4-11-21-12-14-22-15-13-21/h6-9H,2-5,10-15H2,1H3,(H2,19,20,23)/p+1. The second kappa shape index (κ2) is 10.6. The lowest BCUT2D eigenvalue weighted by atomic mass is 10.1. The highest BCUT2D eigenvalue weighted by Gasteiger charge is 2.12. The highest BCUT2D eigenvalue weighted by Crippen LogP contribution is 2.11. The largest absolute Gasteiger partial charge is 0.370 e. The summed E-state index contributed by atoms with van der Waals surface area (Å²) in [6.07, 6.45) is 4.77. The quantitative estimate of drug-likeness (QED) is 0.498. The predicted molar refractivity (Wildman–Crippen MR) is 100 cm³/mol. The summed E-state index contributed by atoms with van der Waals surface area (Å²) in [6.45, 7) is 8.39. The number of hydrogen-bond donors (Lipinski definition) is 3. The SMILES string of the molecule is CCCCc1ccc(NC(=S)NCCC[NH+]2CCOCC2)cc1. The van der Waals surface area contributed by atoms with Crippen LogP contribution in [0.5, 0.6) is 0 Å². The smallest absolute Gasteiger partial charge is 0.170 e. The van der Waals surface area contributed by atoms with Crippen molar-refractivity contribution in [2.24, 2.45) is 0 Å². The molecule has 4 nitrogen and oxygen atoms in total. The van der Waals surface area contributed by atoms with Crippen LogP contribution in [-0.2, 0) is 11.2 Å². The molecule has 0 aromatic heterocycles. The molecule has 1 aromatic rings. The van der Waals surface area contributed by atoms with Crippen LogP contribution in [0, 0.1) is 0 Å². The van der Waals surface area contributed by atoms with Crippen LogP contribution in [0.15, 0.2) is 24.3 Å².